The molecule has 1 spiro atoms. The first-order valence-corrected chi connectivity index (χ1v) is 10.3. The number of benzene rings is 1. The van der Waals surface area contributed by atoms with Crippen molar-refractivity contribution in [2.24, 2.45) is 11.3 Å². The zero-order valence-electron chi connectivity index (χ0n) is 17.3. The number of rotatable bonds is 5. The van der Waals surface area contributed by atoms with E-state index in [0.717, 1.165) is 44.7 Å². The highest BCUT2D eigenvalue weighted by atomic mass is 19.1. The summed E-state index contributed by atoms with van der Waals surface area (Å²) in [7, 11) is 0. The van der Waals surface area contributed by atoms with Crippen LogP contribution in [0.15, 0.2) is 18.2 Å². The summed E-state index contributed by atoms with van der Waals surface area (Å²) < 4.78 is 24.5. The molecular weight excluding hydrogens is 359 g/mol. The van der Waals surface area contributed by atoms with Crippen molar-refractivity contribution in [3.63, 3.8) is 0 Å². The molecule has 156 valence electrons. The molecule has 1 saturated carbocycles. The zero-order valence-corrected chi connectivity index (χ0v) is 17.3. The van der Waals surface area contributed by atoms with Crippen molar-refractivity contribution in [1.82, 2.24) is 4.90 Å². The van der Waals surface area contributed by atoms with Crippen molar-refractivity contribution in [3.05, 3.63) is 24.0 Å². The molecule has 1 aliphatic heterocycles. The number of amides is 1. The van der Waals surface area contributed by atoms with E-state index in [1.54, 1.807) is 6.07 Å². The number of carbonyl (C=O) groups excluding carboxylic acids is 1. The molecule has 0 unspecified atom stereocenters. The number of halogens is 1. The Bertz CT molecular complexity index is 686. The number of piperidine rings is 1. The van der Waals surface area contributed by atoms with E-state index in [0.29, 0.717) is 17.8 Å². The van der Waals surface area contributed by atoms with Crippen LogP contribution >= 0.6 is 0 Å². The maximum Gasteiger partial charge on any atom is 0.410 e. The van der Waals surface area contributed by atoms with Crippen LogP contribution in [0.25, 0.3) is 0 Å². The second-order valence-electron chi connectivity index (χ2n) is 9.42. The predicted molar refractivity (Wildman–Crippen MR) is 108 cm³/mol. The fourth-order valence-corrected chi connectivity index (χ4v) is 4.43. The Balaban J connectivity index is 1.32. The van der Waals surface area contributed by atoms with Gasteiger partial charge in [0.05, 0.1) is 12.3 Å². The van der Waals surface area contributed by atoms with Gasteiger partial charge in [0.25, 0.3) is 0 Å². The highest BCUT2D eigenvalue weighted by molar-refractivity contribution is 5.68. The SMILES string of the molecule is CC(C)(C)OC(=O)N1CCC2(CC1)CC(CCCOc1ccc(N)c(F)c1)C2. The third-order valence-corrected chi connectivity index (χ3v) is 5.92. The van der Waals surface area contributed by atoms with Crippen LogP contribution < -0.4 is 10.5 Å². The van der Waals surface area contributed by atoms with E-state index in [1.807, 2.05) is 25.7 Å². The first-order chi connectivity index (χ1) is 13.2. The first kappa shape index (κ1) is 20.7. The van der Waals surface area contributed by atoms with Gasteiger partial charge in [-0.15, -0.1) is 0 Å². The monoisotopic (exact) mass is 392 g/mol. The fourth-order valence-electron chi connectivity index (χ4n) is 4.43. The Labute approximate surface area is 167 Å². The van der Waals surface area contributed by atoms with Crippen molar-refractivity contribution < 1.29 is 18.7 Å². The third-order valence-electron chi connectivity index (χ3n) is 5.92. The van der Waals surface area contributed by atoms with Crippen LogP contribution in [0.3, 0.4) is 0 Å². The topological polar surface area (TPSA) is 64.8 Å². The van der Waals surface area contributed by atoms with Crippen molar-refractivity contribution >= 4 is 11.8 Å². The summed E-state index contributed by atoms with van der Waals surface area (Å²) in [5, 5.41) is 0. The maximum atomic E-state index is 13.4. The minimum Gasteiger partial charge on any atom is -0.493 e. The quantitative estimate of drug-likeness (QED) is 0.566. The van der Waals surface area contributed by atoms with Gasteiger partial charge >= 0.3 is 6.09 Å². The van der Waals surface area contributed by atoms with Gasteiger partial charge < -0.3 is 20.1 Å². The van der Waals surface area contributed by atoms with Gasteiger partial charge in [-0.2, -0.15) is 0 Å². The van der Waals surface area contributed by atoms with Crippen LogP contribution in [0.2, 0.25) is 0 Å². The van der Waals surface area contributed by atoms with Crippen molar-refractivity contribution in [1.29, 1.82) is 0 Å². The molecule has 1 saturated heterocycles. The summed E-state index contributed by atoms with van der Waals surface area (Å²) in [5.41, 5.74) is 5.60. The average Bonchev–Trinajstić information content (AvgIpc) is 2.59. The Morgan fingerprint density at radius 2 is 1.96 bits per heavy atom. The lowest BCUT2D eigenvalue weighted by molar-refractivity contribution is -0.0300. The van der Waals surface area contributed by atoms with E-state index in [9.17, 15) is 9.18 Å². The summed E-state index contributed by atoms with van der Waals surface area (Å²) in [4.78, 5) is 14.0. The van der Waals surface area contributed by atoms with Crippen molar-refractivity contribution in [3.8, 4) is 5.75 Å². The summed E-state index contributed by atoms with van der Waals surface area (Å²) in [6, 6.07) is 4.57. The van der Waals surface area contributed by atoms with Crippen LogP contribution in [-0.4, -0.2) is 36.3 Å². The van der Waals surface area contributed by atoms with E-state index >= 15 is 0 Å². The normalized spacial score (nSPS) is 19.4. The second kappa shape index (κ2) is 8.18. The first-order valence-electron chi connectivity index (χ1n) is 10.3. The van der Waals surface area contributed by atoms with E-state index in [-0.39, 0.29) is 11.8 Å². The lowest BCUT2D eigenvalue weighted by atomic mass is 9.56. The number of nitrogens with zero attached hydrogens (tertiary/aromatic N) is 1. The predicted octanol–water partition coefficient (Wildman–Crippen LogP) is 4.99. The minimum atomic E-state index is -0.437. The standard InChI is InChI=1S/C22H33FN2O3/c1-21(2,3)28-20(26)25-10-8-22(9-11-25)14-16(15-22)5-4-12-27-17-6-7-19(24)18(23)13-17/h6-7,13,16H,4-5,8-12,14-15,24H2,1-3H3. The van der Waals surface area contributed by atoms with Gasteiger partial charge in [-0.3, -0.25) is 0 Å². The van der Waals surface area contributed by atoms with Crippen molar-refractivity contribution in [2.45, 2.75) is 64.9 Å². The van der Waals surface area contributed by atoms with Gasteiger partial charge in [0.2, 0.25) is 0 Å². The molecule has 2 fully saturated rings. The molecule has 1 aromatic carbocycles. The summed E-state index contributed by atoms with van der Waals surface area (Å²) in [5.74, 6) is 0.835. The average molecular weight is 393 g/mol. The number of carbonyl (C=O) groups is 1. The van der Waals surface area contributed by atoms with Crippen LogP contribution in [0, 0.1) is 17.2 Å². The number of nitrogen functional groups attached to an aromatic ring is 1. The Morgan fingerprint density at radius 3 is 2.57 bits per heavy atom. The Kier molecular flexibility index (Phi) is 6.06. The zero-order chi connectivity index (χ0) is 20.4. The highest BCUT2D eigenvalue weighted by Gasteiger charge is 2.46. The highest BCUT2D eigenvalue weighted by Crippen LogP contribution is 2.54. The minimum absolute atomic E-state index is 0.143. The number of nitrogens with two attached hydrogens (primary N) is 1. The molecule has 1 heterocycles. The number of hydrogen-bond acceptors (Lipinski definition) is 4. The maximum absolute atomic E-state index is 13.4. The lowest BCUT2D eigenvalue weighted by Gasteiger charge is -2.52. The number of likely N-dealkylation sites (tertiary alicyclic amines) is 1. The molecule has 1 aliphatic carbocycles. The van der Waals surface area contributed by atoms with Gasteiger partial charge in [0.15, 0.2) is 0 Å². The third kappa shape index (κ3) is 5.30. The number of ether oxygens (including phenoxy) is 2. The molecule has 0 aromatic heterocycles. The molecule has 1 aromatic rings. The lowest BCUT2D eigenvalue weighted by Crippen LogP contribution is -2.49. The molecule has 1 amide bonds. The van der Waals surface area contributed by atoms with Gasteiger partial charge in [0.1, 0.15) is 17.2 Å². The molecule has 2 N–H and O–H groups in total. The summed E-state index contributed by atoms with van der Waals surface area (Å²) in [6.45, 7) is 7.90. The van der Waals surface area contributed by atoms with Crippen LogP contribution in [0.1, 0.15) is 59.3 Å². The van der Waals surface area contributed by atoms with Crippen LogP contribution in [0.4, 0.5) is 14.9 Å². The summed E-state index contributed by atoms with van der Waals surface area (Å²) >= 11 is 0. The van der Waals surface area contributed by atoms with E-state index in [1.165, 1.54) is 25.0 Å². The second-order valence-corrected chi connectivity index (χ2v) is 9.42. The molecule has 6 heteroatoms. The fraction of sp³-hybridized carbons (Fsp3) is 0.682. The number of hydrogen-bond donors (Lipinski definition) is 1. The van der Waals surface area contributed by atoms with E-state index in [2.05, 4.69) is 0 Å². The van der Waals surface area contributed by atoms with Gasteiger partial charge in [-0.05, 0) is 82.8 Å². The molecule has 0 atom stereocenters. The molecule has 2 aliphatic rings. The number of anilines is 1. The van der Waals surface area contributed by atoms with Crippen LogP contribution in [0.5, 0.6) is 5.75 Å². The van der Waals surface area contributed by atoms with E-state index in [4.69, 9.17) is 15.2 Å². The van der Waals surface area contributed by atoms with Gasteiger partial charge in [-0.25, -0.2) is 9.18 Å². The molecular formula is C22H33FN2O3. The molecule has 5 nitrogen and oxygen atoms in total. The molecule has 0 bridgehead atoms. The summed E-state index contributed by atoms with van der Waals surface area (Å²) in [6.07, 6.45) is 6.55. The molecule has 0 radical (unpaired) electrons. The van der Waals surface area contributed by atoms with E-state index < -0.39 is 11.4 Å². The molecule has 28 heavy (non-hydrogen) atoms. The Hall–Kier alpha value is -1.98. The smallest absolute Gasteiger partial charge is 0.410 e. The Morgan fingerprint density at radius 1 is 1.29 bits per heavy atom. The van der Waals surface area contributed by atoms with Crippen LogP contribution in [-0.2, 0) is 4.74 Å². The van der Waals surface area contributed by atoms with Gasteiger partial charge in [-0.1, -0.05) is 0 Å². The largest absolute Gasteiger partial charge is 0.493 e. The molecule has 3 rings (SSSR count). The van der Waals surface area contributed by atoms with Gasteiger partial charge in [0, 0.05) is 19.2 Å². The van der Waals surface area contributed by atoms with Crippen molar-refractivity contribution in [2.75, 3.05) is 25.4 Å².